The molecular formula is C9H14N2OS. The first-order valence-corrected chi connectivity index (χ1v) is 5.56. The highest BCUT2D eigenvalue weighted by Crippen LogP contribution is 2.22. The van der Waals surface area contributed by atoms with E-state index in [-0.39, 0.29) is 5.88 Å². The Morgan fingerprint density at radius 2 is 2.31 bits per heavy atom. The Kier molecular flexibility index (Phi) is 2.80. The highest BCUT2D eigenvalue weighted by Gasteiger charge is 2.14. The molecule has 0 amide bonds. The van der Waals surface area contributed by atoms with Crippen LogP contribution < -0.4 is 5.32 Å². The Labute approximate surface area is 81.8 Å². The maximum Gasteiger partial charge on any atom is 0.222 e. The predicted octanol–water partition coefficient (Wildman–Crippen LogP) is 1.39. The molecule has 1 saturated heterocycles. The summed E-state index contributed by atoms with van der Waals surface area (Å²) in [7, 11) is 0. The van der Waals surface area contributed by atoms with Crippen molar-refractivity contribution >= 4 is 11.3 Å². The van der Waals surface area contributed by atoms with Crippen LogP contribution in [0.2, 0.25) is 0 Å². The fraction of sp³-hybridized carbons (Fsp3) is 0.667. The third kappa shape index (κ3) is 2.42. The number of hydrogen-bond donors (Lipinski definition) is 2. The van der Waals surface area contributed by atoms with Gasteiger partial charge in [0.15, 0.2) is 0 Å². The van der Waals surface area contributed by atoms with Crippen molar-refractivity contribution in [1.29, 1.82) is 0 Å². The molecule has 1 aliphatic heterocycles. The molecule has 0 saturated carbocycles. The predicted molar refractivity (Wildman–Crippen MR) is 53.1 cm³/mol. The minimum Gasteiger partial charge on any atom is -0.493 e. The van der Waals surface area contributed by atoms with Gasteiger partial charge in [-0.1, -0.05) is 0 Å². The average Bonchev–Trinajstić information content (AvgIpc) is 2.53. The number of hydrogen-bond acceptors (Lipinski definition) is 4. The molecule has 0 radical (unpaired) electrons. The lowest BCUT2D eigenvalue weighted by Gasteiger charge is -2.21. The molecule has 4 heteroatoms. The zero-order valence-corrected chi connectivity index (χ0v) is 8.31. The van der Waals surface area contributed by atoms with Crippen LogP contribution in [0.4, 0.5) is 0 Å². The molecule has 72 valence electrons. The van der Waals surface area contributed by atoms with E-state index < -0.39 is 0 Å². The van der Waals surface area contributed by atoms with Crippen molar-refractivity contribution in [3.63, 3.8) is 0 Å². The van der Waals surface area contributed by atoms with E-state index >= 15 is 0 Å². The van der Waals surface area contributed by atoms with Gasteiger partial charge in [-0.2, -0.15) is 0 Å². The molecule has 1 aromatic rings. The molecule has 2 rings (SSSR count). The fourth-order valence-corrected chi connectivity index (χ4v) is 2.50. The van der Waals surface area contributed by atoms with Crippen LogP contribution in [0, 0.1) is 5.92 Å². The van der Waals surface area contributed by atoms with Crippen molar-refractivity contribution < 1.29 is 5.11 Å². The van der Waals surface area contributed by atoms with Crippen LogP contribution in [0.5, 0.6) is 5.88 Å². The summed E-state index contributed by atoms with van der Waals surface area (Å²) in [6.45, 7) is 2.25. The first-order valence-electron chi connectivity index (χ1n) is 4.68. The minimum absolute atomic E-state index is 0.175. The van der Waals surface area contributed by atoms with E-state index in [0.29, 0.717) is 0 Å². The van der Waals surface area contributed by atoms with Crippen molar-refractivity contribution in [2.45, 2.75) is 19.3 Å². The van der Waals surface area contributed by atoms with Gasteiger partial charge in [0.1, 0.15) is 0 Å². The number of rotatable bonds is 2. The van der Waals surface area contributed by atoms with Gasteiger partial charge < -0.3 is 10.4 Å². The van der Waals surface area contributed by atoms with E-state index in [2.05, 4.69) is 10.3 Å². The molecule has 0 aromatic carbocycles. The Bertz CT molecular complexity index is 268. The summed E-state index contributed by atoms with van der Waals surface area (Å²) in [4.78, 5) is 4.06. The van der Waals surface area contributed by atoms with Crippen molar-refractivity contribution in [2.75, 3.05) is 13.1 Å². The third-order valence-electron chi connectivity index (χ3n) is 2.46. The molecule has 3 nitrogen and oxygen atoms in total. The molecule has 0 unspecified atom stereocenters. The molecule has 1 fully saturated rings. The van der Waals surface area contributed by atoms with Crippen molar-refractivity contribution in [1.82, 2.24) is 10.3 Å². The zero-order valence-electron chi connectivity index (χ0n) is 7.49. The summed E-state index contributed by atoms with van der Waals surface area (Å²) >= 11 is 1.56. The first-order chi connectivity index (χ1) is 6.34. The quantitative estimate of drug-likeness (QED) is 0.755. The summed E-state index contributed by atoms with van der Waals surface area (Å²) < 4.78 is 0. The Hall–Kier alpha value is -0.610. The number of piperidine rings is 1. The van der Waals surface area contributed by atoms with Crippen molar-refractivity contribution in [3.05, 3.63) is 10.4 Å². The highest BCUT2D eigenvalue weighted by molar-refractivity contribution is 7.09. The van der Waals surface area contributed by atoms with Gasteiger partial charge in [-0.15, -0.1) is 11.3 Å². The van der Waals surface area contributed by atoms with Gasteiger partial charge in [0.25, 0.3) is 0 Å². The highest BCUT2D eigenvalue weighted by atomic mass is 32.1. The topological polar surface area (TPSA) is 45.1 Å². The lowest BCUT2D eigenvalue weighted by atomic mass is 9.95. The monoisotopic (exact) mass is 198 g/mol. The Balaban J connectivity index is 1.89. The summed E-state index contributed by atoms with van der Waals surface area (Å²) in [5.74, 6) is 0.931. The number of nitrogens with one attached hydrogen (secondary N) is 1. The molecule has 2 N–H and O–H groups in total. The van der Waals surface area contributed by atoms with Crippen molar-refractivity contribution in [3.8, 4) is 5.88 Å². The molecule has 1 aromatic heterocycles. The SMILES string of the molecule is Oc1csc(CC2CCNCC2)n1. The number of nitrogens with zero attached hydrogens (tertiary/aromatic N) is 1. The molecule has 0 bridgehead atoms. The van der Waals surface area contributed by atoms with Gasteiger partial charge in [-0.25, -0.2) is 4.98 Å². The maximum absolute atomic E-state index is 9.07. The van der Waals surface area contributed by atoms with E-state index in [4.69, 9.17) is 5.11 Å². The van der Waals surface area contributed by atoms with Gasteiger partial charge in [0.2, 0.25) is 5.88 Å². The first kappa shape index (κ1) is 8.97. The van der Waals surface area contributed by atoms with Crippen LogP contribution in [0.25, 0.3) is 0 Å². The summed E-state index contributed by atoms with van der Waals surface area (Å²) in [6, 6.07) is 0. The van der Waals surface area contributed by atoms with Crippen LogP contribution in [-0.2, 0) is 6.42 Å². The summed E-state index contributed by atoms with van der Waals surface area (Å²) in [5.41, 5.74) is 0. The van der Waals surface area contributed by atoms with Gasteiger partial charge in [0, 0.05) is 6.42 Å². The second-order valence-corrected chi connectivity index (χ2v) is 4.44. The van der Waals surface area contributed by atoms with Crippen LogP contribution in [0.15, 0.2) is 5.38 Å². The maximum atomic E-state index is 9.07. The molecule has 0 atom stereocenters. The Morgan fingerprint density at radius 1 is 1.54 bits per heavy atom. The van der Waals surface area contributed by atoms with Crippen LogP contribution in [-0.4, -0.2) is 23.2 Å². The van der Waals surface area contributed by atoms with Crippen LogP contribution in [0.1, 0.15) is 17.8 Å². The molecule has 1 aliphatic rings. The largest absolute Gasteiger partial charge is 0.493 e. The van der Waals surface area contributed by atoms with E-state index in [0.717, 1.165) is 30.4 Å². The second kappa shape index (κ2) is 4.07. The molecular weight excluding hydrogens is 184 g/mol. The van der Waals surface area contributed by atoms with Crippen molar-refractivity contribution in [2.24, 2.45) is 5.92 Å². The fourth-order valence-electron chi connectivity index (χ4n) is 1.73. The second-order valence-electron chi connectivity index (χ2n) is 3.50. The third-order valence-corrected chi connectivity index (χ3v) is 3.32. The summed E-state index contributed by atoms with van der Waals surface area (Å²) in [6.07, 6.45) is 3.51. The van der Waals surface area contributed by atoms with Crippen LogP contribution in [0.3, 0.4) is 0 Å². The average molecular weight is 198 g/mol. The normalized spacial score (nSPS) is 19.1. The summed E-state index contributed by atoms with van der Waals surface area (Å²) in [5, 5.41) is 15.2. The smallest absolute Gasteiger partial charge is 0.222 e. The lowest BCUT2D eigenvalue weighted by molar-refractivity contribution is 0.370. The number of aromatic nitrogens is 1. The molecule has 2 heterocycles. The van der Waals surface area contributed by atoms with Gasteiger partial charge >= 0.3 is 0 Å². The van der Waals surface area contributed by atoms with Crippen LogP contribution >= 0.6 is 11.3 Å². The molecule has 0 spiro atoms. The zero-order chi connectivity index (χ0) is 9.10. The molecule has 0 aliphatic carbocycles. The van der Waals surface area contributed by atoms with E-state index in [9.17, 15) is 0 Å². The Morgan fingerprint density at radius 3 is 2.92 bits per heavy atom. The number of aromatic hydroxyl groups is 1. The van der Waals surface area contributed by atoms with E-state index in [1.165, 1.54) is 12.8 Å². The van der Waals surface area contributed by atoms with Gasteiger partial charge in [0.05, 0.1) is 10.4 Å². The minimum atomic E-state index is 0.175. The van der Waals surface area contributed by atoms with E-state index in [1.807, 2.05) is 0 Å². The van der Waals surface area contributed by atoms with Gasteiger partial charge in [-0.05, 0) is 31.8 Å². The van der Waals surface area contributed by atoms with Gasteiger partial charge in [-0.3, -0.25) is 0 Å². The standard InChI is InChI=1S/C9H14N2OS/c12-8-6-13-9(11-8)5-7-1-3-10-4-2-7/h6-7,10,12H,1-5H2. The van der Waals surface area contributed by atoms with E-state index in [1.54, 1.807) is 16.7 Å². The lowest BCUT2D eigenvalue weighted by Crippen LogP contribution is -2.28. The number of thiazole rings is 1. The molecule has 13 heavy (non-hydrogen) atoms.